The molecule has 1 saturated heterocycles. The maximum absolute atomic E-state index is 12.6. The van der Waals surface area contributed by atoms with Crippen molar-refractivity contribution in [3.05, 3.63) is 29.8 Å². The Morgan fingerprint density at radius 2 is 2.05 bits per heavy atom. The Morgan fingerprint density at radius 3 is 2.73 bits per heavy atom. The van der Waals surface area contributed by atoms with Crippen LogP contribution in [0.2, 0.25) is 0 Å². The van der Waals surface area contributed by atoms with Crippen LogP contribution in [0.1, 0.15) is 5.56 Å². The molecule has 2 amide bonds. The van der Waals surface area contributed by atoms with Crippen molar-refractivity contribution in [1.29, 1.82) is 0 Å². The minimum atomic E-state index is -0.439. The molecule has 1 atom stereocenters. The SMILES string of the molecule is CNC(=O)[C@H]1CN(C)CCN1C(=O)Cc1ccccc1OC. The Labute approximate surface area is 131 Å². The van der Waals surface area contributed by atoms with Crippen LogP contribution in [-0.4, -0.2) is 68.5 Å². The lowest BCUT2D eigenvalue weighted by Gasteiger charge is -2.39. The van der Waals surface area contributed by atoms with E-state index in [0.29, 0.717) is 18.8 Å². The van der Waals surface area contributed by atoms with Gasteiger partial charge in [0.15, 0.2) is 0 Å². The van der Waals surface area contributed by atoms with Crippen molar-refractivity contribution in [2.24, 2.45) is 0 Å². The minimum Gasteiger partial charge on any atom is -0.496 e. The number of hydrogen-bond acceptors (Lipinski definition) is 4. The van der Waals surface area contributed by atoms with Crippen LogP contribution in [-0.2, 0) is 16.0 Å². The van der Waals surface area contributed by atoms with Crippen LogP contribution in [0.25, 0.3) is 0 Å². The van der Waals surface area contributed by atoms with Crippen LogP contribution in [0.15, 0.2) is 24.3 Å². The third kappa shape index (κ3) is 3.57. The van der Waals surface area contributed by atoms with Crippen molar-refractivity contribution in [2.75, 3.05) is 40.8 Å². The van der Waals surface area contributed by atoms with E-state index in [1.807, 2.05) is 31.3 Å². The van der Waals surface area contributed by atoms with Gasteiger partial charge in [-0.15, -0.1) is 0 Å². The molecule has 1 aromatic rings. The van der Waals surface area contributed by atoms with Gasteiger partial charge in [0.05, 0.1) is 13.5 Å². The van der Waals surface area contributed by atoms with Crippen LogP contribution >= 0.6 is 0 Å². The molecule has 0 saturated carbocycles. The van der Waals surface area contributed by atoms with E-state index >= 15 is 0 Å². The van der Waals surface area contributed by atoms with E-state index in [0.717, 1.165) is 12.1 Å². The number of nitrogens with one attached hydrogen (secondary N) is 1. The first-order chi connectivity index (χ1) is 10.6. The quantitative estimate of drug-likeness (QED) is 0.859. The fourth-order valence-corrected chi connectivity index (χ4v) is 2.72. The summed E-state index contributed by atoms with van der Waals surface area (Å²) in [5.41, 5.74) is 0.838. The highest BCUT2D eigenvalue weighted by molar-refractivity contribution is 5.89. The Kier molecular flexibility index (Phi) is 5.38. The monoisotopic (exact) mass is 305 g/mol. The normalized spacial score (nSPS) is 18.9. The summed E-state index contributed by atoms with van der Waals surface area (Å²) < 4.78 is 5.29. The van der Waals surface area contributed by atoms with Gasteiger partial charge in [-0.05, 0) is 13.1 Å². The van der Waals surface area contributed by atoms with Crippen molar-refractivity contribution in [3.8, 4) is 5.75 Å². The van der Waals surface area contributed by atoms with Gasteiger partial charge in [-0.3, -0.25) is 9.59 Å². The van der Waals surface area contributed by atoms with E-state index in [4.69, 9.17) is 4.74 Å². The second-order valence-electron chi connectivity index (χ2n) is 5.47. The maximum Gasteiger partial charge on any atom is 0.243 e. The largest absolute Gasteiger partial charge is 0.496 e. The van der Waals surface area contributed by atoms with Gasteiger partial charge in [0.2, 0.25) is 11.8 Å². The molecule has 120 valence electrons. The topological polar surface area (TPSA) is 61.9 Å². The number of nitrogens with zero attached hydrogens (tertiary/aromatic N) is 2. The van der Waals surface area contributed by atoms with Gasteiger partial charge in [0.1, 0.15) is 11.8 Å². The van der Waals surface area contributed by atoms with E-state index in [-0.39, 0.29) is 18.2 Å². The summed E-state index contributed by atoms with van der Waals surface area (Å²) in [6.45, 7) is 1.88. The minimum absolute atomic E-state index is 0.0498. The van der Waals surface area contributed by atoms with Gasteiger partial charge in [0.25, 0.3) is 0 Å². The van der Waals surface area contributed by atoms with Gasteiger partial charge in [-0.25, -0.2) is 0 Å². The number of rotatable bonds is 4. The van der Waals surface area contributed by atoms with E-state index in [2.05, 4.69) is 10.2 Å². The number of carbonyl (C=O) groups is 2. The lowest BCUT2D eigenvalue weighted by Crippen LogP contribution is -2.59. The summed E-state index contributed by atoms with van der Waals surface area (Å²) in [4.78, 5) is 28.4. The van der Waals surface area contributed by atoms with Gasteiger partial charge >= 0.3 is 0 Å². The molecule has 0 aliphatic carbocycles. The molecule has 0 unspecified atom stereocenters. The first-order valence-electron chi connectivity index (χ1n) is 7.38. The molecule has 0 aromatic heterocycles. The maximum atomic E-state index is 12.6. The molecule has 1 fully saturated rings. The molecule has 0 bridgehead atoms. The molecule has 1 aromatic carbocycles. The fourth-order valence-electron chi connectivity index (χ4n) is 2.72. The van der Waals surface area contributed by atoms with E-state index in [1.165, 1.54) is 0 Å². The number of carbonyl (C=O) groups excluding carboxylic acids is 2. The van der Waals surface area contributed by atoms with Crippen LogP contribution < -0.4 is 10.1 Å². The number of piperazine rings is 1. The van der Waals surface area contributed by atoms with E-state index < -0.39 is 6.04 Å². The molecular formula is C16H23N3O3. The van der Waals surface area contributed by atoms with Crippen molar-refractivity contribution >= 4 is 11.8 Å². The molecule has 0 radical (unpaired) electrons. The van der Waals surface area contributed by atoms with Gasteiger partial charge in [-0.1, -0.05) is 18.2 Å². The average molecular weight is 305 g/mol. The predicted molar refractivity (Wildman–Crippen MR) is 83.8 cm³/mol. The van der Waals surface area contributed by atoms with Gasteiger partial charge in [0, 0.05) is 32.2 Å². The number of amides is 2. The Balaban J connectivity index is 2.14. The zero-order chi connectivity index (χ0) is 16.1. The summed E-state index contributed by atoms with van der Waals surface area (Å²) in [5, 5.41) is 2.64. The third-order valence-corrected chi connectivity index (χ3v) is 3.99. The van der Waals surface area contributed by atoms with E-state index in [9.17, 15) is 9.59 Å². The molecule has 1 aliphatic heterocycles. The highest BCUT2D eigenvalue weighted by Gasteiger charge is 2.33. The lowest BCUT2D eigenvalue weighted by atomic mass is 10.1. The first kappa shape index (κ1) is 16.3. The molecule has 1 aliphatic rings. The van der Waals surface area contributed by atoms with E-state index in [1.54, 1.807) is 19.1 Å². The smallest absolute Gasteiger partial charge is 0.243 e. The second-order valence-corrected chi connectivity index (χ2v) is 5.47. The van der Waals surface area contributed by atoms with Crippen molar-refractivity contribution in [2.45, 2.75) is 12.5 Å². The summed E-state index contributed by atoms with van der Waals surface area (Å²) in [5.74, 6) is 0.521. The van der Waals surface area contributed by atoms with Crippen molar-refractivity contribution < 1.29 is 14.3 Å². The number of benzene rings is 1. The summed E-state index contributed by atoms with van der Waals surface area (Å²) in [7, 11) is 5.14. The summed E-state index contributed by atoms with van der Waals surface area (Å²) >= 11 is 0. The summed E-state index contributed by atoms with van der Waals surface area (Å²) in [6.07, 6.45) is 0.237. The number of para-hydroxylation sites is 1. The molecule has 2 rings (SSSR count). The Hall–Kier alpha value is -2.08. The number of methoxy groups -OCH3 is 1. The van der Waals surface area contributed by atoms with Crippen molar-refractivity contribution in [3.63, 3.8) is 0 Å². The molecule has 0 spiro atoms. The predicted octanol–water partition coefficient (Wildman–Crippen LogP) is 0.126. The number of hydrogen-bond donors (Lipinski definition) is 1. The first-order valence-corrected chi connectivity index (χ1v) is 7.38. The number of ether oxygens (including phenoxy) is 1. The highest BCUT2D eigenvalue weighted by Crippen LogP contribution is 2.20. The molecule has 22 heavy (non-hydrogen) atoms. The van der Waals surface area contributed by atoms with Crippen LogP contribution in [0, 0.1) is 0 Å². The number of likely N-dealkylation sites (N-methyl/N-ethyl adjacent to an activating group) is 2. The van der Waals surface area contributed by atoms with Crippen LogP contribution in [0.3, 0.4) is 0 Å². The molecule has 1 heterocycles. The average Bonchev–Trinajstić information content (AvgIpc) is 2.54. The van der Waals surface area contributed by atoms with Crippen molar-refractivity contribution in [1.82, 2.24) is 15.1 Å². The fraction of sp³-hybridized carbons (Fsp3) is 0.500. The highest BCUT2D eigenvalue weighted by atomic mass is 16.5. The van der Waals surface area contributed by atoms with Gasteiger partial charge < -0.3 is 19.9 Å². The van der Waals surface area contributed by atoms with Gasteiger partial charge in [-0.2, -0.15) is 0 Å². The second kappa shape index (κ2) is 7.26. The Bertz CT molecular complexity index is 547. The van der Waals surface area contributed by atoms with Crippen LogP contribution in [0.4, 0.5) is 0 Å². The standard InChI is InChI=1S/C16H23N3O3/c1-17-16(21)13-11-18(2)8-9-19(13)15(20)10-12-6-4-5-7-14(12)22-3/h4-7,13H,8-11H2,1-3H3,(H,17,21)/t13-/m1/s1. The zero-order valence-corrected chi connectivity index (χ0v) is 13.3. The molecular weight excluding hydrogens is 282 g/mol. The summed E-state index contributed by atoms with van der Waals surface area (Å²) in [6, 6.07) is 7.03. The molecule has 6 nitrogen and oxygen atoms in total. The van der Waals surface area contributed by atoms with Crippen LogP contribution in [0.5, 0.6) is 5.75 Å². The third-order valence-electron chi connectivity index (χ3n) is 3.99. The molecule has 1 N–H and O–H groups in total. The Morgan fingerprint density at radius 1 is 1.32 bits per heavy atom. The lowest BCUT2D eigenvalue weighted by molar-refractivity contribution is -0.143. The zero-order valence-electron chi connectivity index (χ0n) is 13.3. The molecule has 6 heteroatoms.